The molecule has 4 heterocycles. The molecule has 34 heavy (non-hydrogen) atoms. The third-order valence-electron chi connectivity index (χ3n) is 7.78. The molecule has 0 atom stereocenters. The van der Waals surface area contributed by atoms with Crippen molar-refractivity contribution in [3.05, 3.63) is 51.8 Å². The molecule has 3 saturated heterocycles. The lowest BCUT2D eigenvalue weighted by molar-refractivity contribution is 0.119. The first-order valence-corrected chi connectivity index (χ1v) is 12.5. The molecule has 2 aromatic carbocycles. The number of likely N-dealkylation sites (N-methyl/N-ethyl adjacent to an activating group) is 1. The lowest BCUT2D eigenvalue weighted by Gasteiger charge is -2.56. The number of hydrogen-bond acceptors (Lipinski definition) is 5. The van der Waals surface area contributed by atoms with Crippen molar-refractivity contribution >= 4 is 34.3 Å². The van der Waals surface area contributed by atoms with Crippen LogP contribution in [0.15, 0.2) is 24.3 Å². The Labute approximate surface area is 205 Å². The predicted molar refractivity (Wildman–Crippen MR) is 137 cm³/mol. The normalized spacial score (nSPS) is 20.1. The second-order valence-electron chi connectivity index (χ2n) is 10.6. The Bertz CT molecular complexity index is 1230. The number of halogens is 2. The Morgan fingerprint density at radius 3 is 2.29 bits per heavy atom. The molecule has 0 bridgehead atoms. The van der Waals surface area contributed by atoms with Crippen LogP contribution in [0, 0.1) is 25.1 Å². The standard InChI is InChI=1S/C26H32ClFN6/c1-17-8-19(9-18(2)23(17)28)12-34-24-21(30-25(34)33-15-26(16-33)13-29-14-26)10-20(27)11-22(24)32-6-4-31(3)5-7-32/h8-11,29H,4-7,12-16H2,1-3H3. The molecule has 3 aliphatic heterocycles. The number of nitrogens with one attached hydrogen (secondary N) is 1. The maximum absolute atomic E-state index is 14.4. The lowest BCUT2D eigenvalue weighted by Crippen LogP contribution is -2.71. The number of fused-ring (bicyclic) bond motifs is 1. The van der Waals surface area contributed by atoms with Gasteiger partial charge < -0.3 is 24.6 Å². The maximum Gasteiger partial charge on any atom is 0.206 e. The van der Waals surface area contributed by atoms with Crippen LogP contribution >= 0.6 is 11.6 Å². The number of aryl methyl sites for hydroxylation is 2. The van der Waals surface area contributed by atoms with E-state index in [0.29, 0.717) is 23.1 Å². The van der Waals surface area contributed by atoms with Crippen LogP contribution in [0.4, 0.5) is 16.0 Å². The van der Waals surface area contributed by atoms with Crippen molar-refractivity contribution in [2.45, 2.75) is 20.4 Å². The number of anilines is 2. The molecule has 3 aromatic rings. The zero-order valence-corrected chi connectivity index (χ0v) is 20.9. The van der Waals surface area contributed by atoms with Crippen LogP contribution in [-0.2, 0) is 6.54 Å². The SMILES string of the molecule is Cc1cc(Cn2c(N3CC4(CNC4)C3)nc3cc(Cl)cc(N4CCN(C)CC4)c32)cc(C)c1F. The van der Waals surface area contributed by atoms with E-state index in [0.717, 1.165) is 85.6 Å². The van der Waals surface area contributed by atoms with Crippen LogP contribution in [0.3, 0.4) is 0 Å². The summed E-state index contributed by atoms with van der Waals surface area (Å²) < 4.78 is 16.7. The highest BCUT2D eigenvalue weighted by molar-refractivity contribution is 6.31. The number of benzene rings is 2. The highest BCUT2D eigenvalue weighted by Gasteiger charge is 2.49. The summed E-state index contributed by atoms with van der Waals surface area (Å²) in [6.45, 7) is 12.5. The van der Waals surface area contributed by atoms with Crippen molar-refractivity contribution in [2.75, 3.05) is 69.2 Å². The average Bonchev–Trinajstić information content (AvgIpc) is 3.07. The summed E-state index contributed by atoms with van der Waals surface area (Å²) in [7, 11) is 2.17. The fraction of sp³-hybridized carbons (Fsp3) is 0.500. The number of aromatic nitrogens is 2. The van der Waals surface area contributed by atoms with E-state index in [2.05, 4.69) is 37.7 Å². The van der Waals surface area contributed by atoms with Gasteiger partial charge in [-0.15, -0.1) is 0 Å². The number of piperazine rings is 1. The summed E-state index contributed by atoms with van der Waals surface area (Å²) in [4.78, 5) is 12.3. The molecule has 0 unspecified atom stereocenters. The molecule has 0 saturated carbocycles. The molecule has 0 radical (unpaired) electrons. The van der Waals surface area contributed by atoms with E-state index in [4.69, 9.17) is 16.6 Å². The minimum absolute atomic E-state index is 0.119. The monoisotopic (exact) mass is 482 g/mol. The van der Waals surface area contributed by atoms with Gasteiger partial charge in [0.1, 0.15) is 5.82 Å². The molecule has 8 heteroatoms. The van der Waals surface area contributed by atoms with Crippen molar-refractivity contribution in [2.24, 2.45) is 5.41 Å². The van der Waals surface area contributed by atoms with Gasteiger partial charge in [-0.05, 0) is 49.7 Å². The molecule has 0 aliphatic carbocycles. The second-order valence-corrected chi connectivity index (χ2v) is 11.0. The fourth-order valence-electron chi connectivity index (χ4n) is 5.80. The topological polar surface area (TPSA) is 39.6 Å². The average molecular weight is 483 g/mol. The third-order valence-corrected chi connectivity index (χ3v) is 8.00. The highest BCUT2D eigenvalue weighted by atomic mass is 35.5. The van der Waals surface area contributed by atoms with Gasteiger partial charge in [-0.2, -0.15) is 0 Å². The van der Waals surface area contributed by atoms with E-state index in [-0.39, 0.29) is 5.82 Å². The minimum atomic E-state index is -0.119. The molecule has 6 nitrogen and oxygen atoms in total. The Morgan fingerprint density at radius 2 is 1.68 bits per heavy atom. The molecule has 1 aromatic heterocycles. The van der Waals surface area contributed by atoms with E-state index in [9.17, 15) is 4.39 Å². The number of nitrogens with zero attached hydrogens (tertiary/aromatic N) is 5. The zero-order chi connectivity index (χ0) is 23.6. The Balaban J connectivity index is 1.47. The fourth-order valence-corrected chi connectivity index (χ4v) is 6.00. The van der Waals surface area contributed by atoms with Crippen molar-refractivity contribution in [3.63, 3.8) is 0 Å². The molecule has 0 amide bonds. The van der Waals surface area contributed by atoms with E-state index >= 15 is 0 Å². The first-order valence-electron chi connectivity index (χ1n) is 12.2. The third kappa shape index (κ3) is 3.65. The van der Waals surface area contributed by atoms with Crippen molar-refractivity contribution in [1.82, 2.24) is 19.8 Å². The van der Waals surface area contributed by atoms with Gasteiger partial charge in [0.2, 0.25) is 5.95 Å². The van der Waals surface area contributed by atoms with E-state index < -0.39 is 0 Å². The molecule has 180 valence electrons. The molecule has 1 N–H and O–H groups in total. The van der Waals surface area contributed by atoms with Gasteiger partial charge in [0.15, 0.2) is 0 Å². The van der Waals surface area contributed by atoms with Gasteiger partial charge in [0, 0.05) is 62.8 Å². The van der Waals surface area contributed by atoms with Crippen molar-refractivity contribution in [1.29, 1.82) is 0 Å². The van der Waals surface area contributed by atoms with E-state index in [1.54, 1.807) is 0 Å². The zero-order valence-electron chi connectivity index (χ0n) is 20.2. The Kier molecular flexibility index (Phi) is 5.28. The summed E-state index contributed by atoms with van der Waals surface area (Å²) >= 11 is 6.61. The van der Waals surface area contributed by atoms with Gasteiger partial charge in [-0.3, -0.25) is 0 Å². The summed E-state index contributed by atoms with van der Waals surface area (Å²) in [5, 5.41) is 4.14. The van der Waals surface area contributed by atoms with Gasteiger partial charge >= 0.3 is 0 Å². The summed E-state index contributed by atoms with van der Waals surface area (Å²) in [5.74, 6) is 0.872. The van der Waals surface area contributed by atoms with Crippen LogP contribution in [0.5, 0.6) is 0 Å². The van der Waals surface area contributed by atoms with Gasteiger partial charge in [0.05, 0.1) is 23.3 Å². The van der Waals surface area contributed by atoms with E-state index in [1.165, 1.54) is 0 Å². The summed E-state index contributed by atoms with van der Waals surface area (Å²) in [6, 6.07) is 8.01. The van der Waals surface area contributed by atoms with Gasteiger partial charge in [0.25, 0.3) is 0 Å². The summed E-state index contributed by atoms with van der Waals surface area (Å²) in [6.07, 6.45) is 0. The highest BCUT2D eigenvalue weighted by Crippen LogP contribution is 2.41. The molecule has 3 aliphatic rings. The van der Waals surface area contributed by atoms with Crippen LogP contribution in [0.1, 0.15) is 16.7 Å². The van der Waals surface area contributed by atoms with Crippen molar-refractivity contribution < 1.29 is 4.39 Å². The second kappa shape index (κ2) is 8.11. The molecule has 6 rings (SSSR count). The van der Waals surface area contributed by atoms with E-state index in [1.807, 2.05) is 32.0 Å². The maximum atomic E-state index is 14.4. The predicted octanol–water partition coefficient (Wildman–Crippen LogP) is 3.66. The van der Waals surface area contributed by atoms with Crippen LogP contribution < -0.4 is 15.1 Å². The smallest absolute Gasteiger partial charge is 0.206 e. The first kappa shape index (κ1) is 22.1. The molecular weight excluding hydrogens is 451 g/mol. The Hall–Kier alpha value is -2.35. The number of rotatable bonds is 4. The summed E-state index contributed by atoms with van der Waals surface area (Å²) in [5.41, 5.74) is 6.06. The first-order chi connectivity index (χ1) is 16.3. The quantitative estimate of drug-likeness (QED) is 0.614. The largest absolute Gasteiger partial charge is 0.367 e. The lowest BCUT2D eigenvalue weighted by atomic mass is 9.75. The van der Waals surface area contributed by atoms with Gasteiger partial charge in [-0.25, -0.2) is 9.37 Å². The number of hydrogen-bond donors (Lipinski definition) is 1. The molecule has 3 fully saturated rings. The minimum Gasteiger partial charge on any atom is -0.367 e. The molecular formula is C26H32ClFN6. The molecule has 1 spiro atoms. The van der Waals surface area contributed by atoms with Crippen molar-refractivity contribution in [3.8, 4) is 0 Å². The van der Waals surface area contributed by atoms with Crippen LogP contribution in [0.25, 0.3) is 11.0 Å². The Morgan fingerprint density at radius 1 is 1.00 bits per heavy atom. The van der Waals surface area contributed by atoms with Crippen LogP contribution in [-0.4, -0.2) is 73.9 Å². The van der Waals surface area contributed by atoms with Gasteiger partial charge in [-0.1, -0.05) is 23.7 Å². The number of imidazole rings is 1. The van der Waals surface area contributed by atoms with Crippen LogP contribution in [0.2, 0.25) is 5.02 Å².